The van der Waals surface area contributed by atoms with Gasteiger partial charge in [-0.05, 0) is 36.5 Å². The second kappa shape index (κ2) is 8.74. The number of rotatable bonds is 7. The molecule has 1 rings (SSSR count). The maximum Gasteiger partial charge on any atom is 0.166 e. The molecule has 0 fully saturated rings. The molecule has 0 bridgehead atoms. The van der Waals surface area contributed by atoms with Crippen molar-refractivity contribution in [1.82, 2.24) is 10.6 Å². The van der Waals surface area contributed by atoms with Gasteiger partial charge in [0.05, 0.1) is 0 Å². The third-order valence-electron chi connectivity index (χ3n) is 2.16. The van der Waals surface area contributed by atoms with Crippen LogP contribution in [-0.4, -0.2) is 36.0 Å². The lowest BCUT2D eigenvalue weighted by Gasteiger charge is -2.14. The van der Waals surface area contributed by atoms with Gasteiger partial charge in [-0.1, -0.05) is 17.7 Å². The first-order valence-electron chi connectivity index (χ1n) is 5.81. The Morgan fingerprint density at radius 1 is 1.42 bits per heavy atom. The summed E-state index contributed by atoms with van der Waals surface area (Å²) in [5.74, 6) is 0.663. The number of ether oxygens (including phenoxy) is 1. The largest absolute Gasteiger partial charge is 0.491 e. The van der Waals surface area contributed by atoms with Crippen molar-refractivity contribution in [1.29, 1.82) is 0 Å². The van der Waals surface area contributed by atoms with Gasteiger partial charge >= 0.3 is 0 Å². The zero-order chi connectivity index (χ0) is 14.1. The average molecular weight is 301 g/mol. The van der Waals surface area contributed by atoms with E-state index in [1.54, 1.807) is 30.3 Å². The molecule has 19 heavy (non-hydrogen) atoms. The molecule has 4 nitrogen and oxygen atoms in total. The lowest BCUT2D eigenvalue weighted by atomic mass is 10.3. The number of hydrogen-bond acceptors (Lipinski definition) is 3. The fraction of sp³-hybridized carbons (Fsp3) is 0.308. The van der Waals surface area contributed by atoms with Crippen LogP contribution in [0.2, 0.25) is 5.02 Å². The number of nitrogens with one attached hydrogen (secondary N) is 2. The van der Waals surface area contributed by atoms with Crippen LogP contribution in [0.3, 0.4) is 0 Å². The molecule has 0 unspecified atom stereocenters. The molecule has 1 atom stereocenters. The second-order valence-corrected chi connectivity index (χ2v) is 4.64. The molecule has 0 saturated heterocycles. The van der Waals surface area contributed by atoms with E-state index in [0.29, 0.717) is 29.0 Å². The molecule has 0 aromatic heterocycles. The number of benzene rings is 1. The standard InChI is InChI=1S/C13H17ClN2O2S/c1-2-7-15-13(19)16-8-11(17)9-18-12-5-3-10(14)4-6-12/h2-6,11,17H,1,7-9H2,(H2,15,16,19)/t11-/m1/s1. The topological polar surface area (TPSA) is 53.5 Å². The molecule has 0 spiro atoms. The van der Waals surface area contributed by atoms with E-state index in [4.69, 9.17) is 28.6 Å². The zero-order valence-electron chi connectivity index (χ0n) is 10.4. The van der Waals surface area contributed by atoms with E-state index in [9.17, 15) is 5.11 Å². The highest BCUT2D eigenvalue weighted by atomic mass is 35.5. The van der Waals surface area contributed by atoms with Crippen molar-refractivity contribution in [3.63, 3.8) is 0 Å². The van der Waals surface area contributed by atoms with Crippen molar-refractivity contribution in [2.75, 3.05) is 19.7 Å². The van der Waals surface area contributed by atoms with Crippen LogP contribution in [0.4, 0.5) is 0 Å². The predicted octanol–water partition coefficient (Wildman–Crippen LogP) is 1.73. The van der Waals surface area contributed by atoms with Crippen molar-refractivity contribution in [2.24, 2.45) is 0 Å². The molecule has 104 valence electrons. The van der Waals surface area contributed by atoms with Crippen molar-refractivity contribution in [3.05, 3.63) is 41.9 Å². The summed E-state index contributed by atoms with van der Waals surface area (Å²) >= 11 is 10.8. The monoisotopic (exact) mass is 300 g/mol. The van der Waals surface area contributed by atoms with Crippen molar-refractivity contribution in [3.8, 4) is 5.75 Å². The molecule has 3 N–H and O–H groups in total. The maximum atomic E-state index is 9.72. The first-order chi connectivity index (χ1) is 9.11. The molecule has 0 aliphatic rings. The smallest absolute Gasteiger partial charge is 0.166 e. The predicted molar refractivity (Wildman–Crippen MR) is 81.8 cm³/mol. The van der Waals surface area contributed by atoms with Crippen molar-refractivity contribution in [2.45, 2.75) is 6.10 Å². The van der Waals surface area contributed by atoms with Gasteiger partial charge in [0, 0.05) is 18.1 Å². The molecular weight excluding hydrogens is 284 g/mol. The summed E-state index contributed by atoms with van der Waals surface area (Å²) in [6, 6.07) is 6.96. The van der Waals surface area contributed by atoms with E-state index in [2.05, 4.69) is 17.2 Å². The fourth-order valence-corrected chi connectivity index (χ4v) is 1.51. The summed E-state index contributed by atoms with van der Waals surface area (Å²) in [5, 5.41) is 16.6. The minimum absolute atomic E-state index is 0.179. The molecule has 0 heterocycles. The first-order valence-corrected chi connectivity index (χ1v) is 6.59. The zero-order valence-corrected chi connectivity index (χ0v) is 12.0. The van der Waals surface area contributed by atoms with E-state index in [1.165, 1.54) is 0 Å². The van der Waals surface area contributed by atoms with Gasteiger partial charge in [0.2, 0.25) is 0 Å². The Bertz CT molecular complexity index is 412. The Morgan fingerprint density at radius 3 is 2.74 bits per heavy atom. The molecule has 0 amide bonds. The van der Waals surface area contributed by atoms with E-state index in [1.807, 2.05) is 0 Å². The molecule has 0 saturated carbocycles. The summed E-state index contributed by atoms with van der Waals surface area (Å²) < 4.78 is 5.41. The normalized spacial score (nSPS) is 11.5. The molecule has 0 radical (unpaired) electrons. The number of hydrogen-bond donors (Lipinski definition) is 3. The second-order valence-electron chi connectivity index (χ2n) is 3.80. The average Bonchev–Trinajstić information content (AvgIpc) is 2.42. The lowest BCUT2D eigenvalue weighted by molar-refractivity contribution is 0.110. The van der Waals surface area contributed by atoms with Gasteiger partial charge in [0.25, 0.3) is 0 Å². The van der Waals surface area contributed by atoms with Crippen LogP contribution in [0.25, 0.3) is 0 Å². The lowest BCUT2D eigenvalue weighted by Crippen LogP contribution is -2.41. The highest BCUT2D eigenvalue weighted by Crippen LogP contribution is 2.15. The van der Waals surface area contributed by atoms with Gasteiger partial charge in [-0.25, -0.2) is 0 Å². The van der Waals surface area contributed by atoms with Crippen molar-refractivity contribution >= 4 is 28.9 Å². The highest BCUT2D eigenvalue weighted by Gasteiger charge is 2.06. The van der Waals surface area contributed by atoms with Gasteiger partial charge in [-0.3, -0.25) is 0 Å². The van der Waals surface area contributed by atoms with Gasteiger partial charge in [-0.2, -0.15) is 0 Å². The van der Waals surface area contributed by atoms with Crippen molar-refractivity contribution < 1.29 is 9.84 Å². The first kappa shape index (κ1) is 15.8. The summed E-state index contributed by atoms with van der Waals surface area (Å²) in [6.07, 6.45) is 1.05. The van der Waals surface area contributed by atoms with Crippen LogP contribution in [0, 0.1) is 0 Å². The minimum atomic E-state index is -0.654. The Hall–Kier alpha value is -1.30. The molecule has 1 aromatic carbocycles. The van der Waals surface area contributed by atoms with Crippen LogP contribution in [0.5, 0.6) is 5.75 Å². The fourth-order valence-electron chi connectivity index (χ4n) is 1.22. The maximum absolute atomic E-state index is 9.72. The van der Waals surface area contributed by atoms with Crippen LogP contribution in [0.15, 0.2) is 36.9 Å². The van der Waals surface area contributed by atoms with Gasteiger partial charge < -0.3 is 20.5 Å². The summed E-state index contributed by atoms with van der Waals surface area (Å²) in [5.41, 5.74) is 0. The Balaban J connectivity index is 2.20. The van der Waals surface area contributed by atoms with Gasteiger partial charge in [-0.15, -0.1) is 6.58 Å². The van der Waals surface area contributed by atoms with Crippen LogP contribution < -0.4 is 15.4 Å². The quantitative estimate of drug-likeness (QED) is 0.529. The minimum Gasteiger partial charge on any atom is -0.491 e. The molecule has 1 aromatic rings. The number of aliphatic hydroxyl groups is 1. The van der Waals surface area contributed by atoms with Crippen LogP contribution in [0.1, 0.15) is 0 Å². The van der Waals surface area contributed by atoms with Crippen LogP contribution >= 0.6 is 23.8 Å². The molecule has 0 aliphatic carbocycles. The van der Waals surface area contributed by atoms with Gasteiger partial charge in [0.1, 0.15) is 18.5 Å². The number of thiocarbonyl (C=S) groups is 1. The summed E-state index contributed by atoms with van der Waals surface area (Å²) in [4.78, 5) is 0. The van der Waals surface area contributed by atoms with E-state index in [0.717, 1.165) is 0 Å². The number of aliphatic hydroxyl groups excluding tert-OH is 1. The van der Waals surface area contributed by atoms with E-state index in [-0.39, 0.29) is 6.61 Å². The SMILES string of the molecule is C=CCNC(=S)NC[C@@H](O)COc1ccc(Cl)cc1. The van der Waals surface area contributed by atoms with Crippen LogP contribution in [-0.2, 0) is 0 Å². The Morgan fingerprint density at radius 2 is 2.11 bits per heavy atom. The third kappa shape index (κ3) is 7.00. The van der Waals surface area contributed by atoms with E-state index >= 15 is 0 Å². The van der Waals surface area contributed by atoms with E-state index < -0.39 is 6.10 Å². The highest BCUT2D eigenvalue weighted by molar-refractivity contribution is 7.80. The third-order valence-corrected chi connectivity index (χ3v) is 2.70. The summed E-state index contributed by atoms with van der Waals surface area (Å²) in [7, 11) is 0. The molecule has 0 aliphatic heterocycles. The van der Waals surface area contributed by atoms with Gasteiger partial charge in [0.15, 0.2) is 5.11 Å². The Kier molecular flexibility index (Phi) is 7.25. The number of halogens is 1. The summed E-state index contributed by atoms with van der Waals surface area (Å²) in [6.45, 7) is 4.65. The molecular formula is C13H17ClN2O2S. The molecule has 6 heteroatoms. The Labute approximate surface area is 123 Å².